The minimum Gasteiger partial charge on any atom is -0.497 e. The first-order chi connectivity index (χ1) is 11.0. The minimum absolute atomic E-state index is 0.0516. The summed E-state index contributed by atoms with van der Waals surface area (Å²) >= 11 is 0. The Morgan fingerprint density at radius 1 is 1.30 bits per heavy atom. The van der Waals surface area contributed by atoms with Crippen molar-refractivity contribution < 1.29 is 19.1 Å². The molecule has 0 aliphatic heterocycles. The topological polar surface area (TPSA) is 67.9 Å². The average molecular weight is 322 g/mol. The minimum atomic E-state index is -0.200. The highest BCUT2D eigenvalue weighted by Crippen LogP contribution is 2.13. The van der Waals surface area contributed by atoms with E-state index in [1.807, 2.05) is 45.0 Å². The van der Waals surface area contributed by atoms with Gasteiger partial charge in [-0.25, -0.2) is 0 Å². The molecule has 0 aliphatic rings. The molecule has 0 unspecified atom stereocenters. The number of nitrogens with zero attached hydrogens (tertiary/aromatic N) is 1. The fraction of sp³-hybridized carbons (Fsp3) is 0.529. The second kappa shape index (κ2) is 9.84. The average Bonchev–Trinajstić information content (AvgIpc) is 2.52. The van der Waals surface area contributed by atoms with Crippen molar-refractivity contribution in [3.05, 3.63) is 29.8 Å². The van der Waals surface area contributed by atoms with Gasteiger partial charge < -0.3 is 19.7 Å². The zero-order valence-corrected chi connectivity index (χ0v) is 14.3. The van der Waals surface area contributed by atoms with Gasteiger partial charge in [0.2, 0.25) is 11.8 Å². The lowest BCUT2D eigenvalue weighted by atomic mass is 10.2. The van der Waals surface area contributed by atoms with E-state index in [0.717, 1.165) is 11.3 Å². The summed E-state index contributed by atoms with van der Waals surface area (Å²) in [6.07, 6.45) is 0. The molecule has 1 N–H and O–H groups in total. The second-order valence-corrected chi connectivity index (χ2v) is 5.47. The third-order valence-electron chi connectivity index (χ3n) is 3.15. The summed E-state index contributed by atoms with van der Waals surface area (Å²) in [5, 5.41) is 2.77. The maximum Gasteiger partial charge on any atom is 0.249 e. The van der Waals surface area contributed by atoms with Gasteiger partial charge in [-0.2, -0.15) is 0 Å². The van der Waals surface area contributed by atoms with Crippen molar-refractivity contribution in [3.8, 4) is 5.75 Å². The molecule has 0 heterocycles. The molecular weight excluding hydrogens is 296 g/mol. The molecule has 0 aromatic heterocycles. The van der Waals surface area contributed by atoms with E-state index >= 15 is 0 Å². The Morgan fingerprint density at radius 2 is 2.04 bits per heavy atom. The lowest BCUT2D eigenvalue weighted by Crippen LogP contribution is -2.43. The van der Waals surface area contributed by atoms with Crippen LogP contribution >= 0.6 is 0 Å². The smallest absolute Gasteiger partial charge is 0.249 e. The van der Waals surface area contributed by atoms with Gasteiger partial charge in [-0.1, -0.05) is 12.1 Å². The molecule has 6 heteroatoms. The molecular formula is C17H26N2O4. The van der Waals surface area contributed by atoms with Crippen molar-refractivity contribution >= 4 is 11.8 Å². The Bertz CT molecular complexity index is 517. The molecule has 0 fully saturated rings. The number of benzene rings is 1. The van der Waals surface area contributed by atoms with E-state index in [1.165, 1.54) is 4.90 Å². The van der Waals surface area contributed by atoms with E-state index in [2.05, 4.69) is 5.32 Å². The molecule has 0 spiro atoms. The Balaban J connectivity index is 2.42. The van der Waals surface area contributed by atoms with Crippen LogP contribution in [0.3, 0.4) is 0 Å². The van der Waals surface area contributed by atoms with Crippen molar-refractivity contribution in [1.82, 2.24) is 10.2 Å². The van der Waals surface area contributed by atoms with Crippen molar-refractivity contribution in [2.45, 2.75) is 33.4 Å². The molecule has 0 saturated carbocycles. The Hall–Kier alpha value is -2.08. The summed E-state index contributed by atoms with van der Waals surface area (Å²) in [6.45, 7) is 6.38. The van der Waals surface area contributed by atoms with Crippen LogP contribution in [-0.4, -0.2) is 49.6 Å². The molecule has 1 aromatic rings. The molecule has 0 bridgehead atoms. The van der Waals surface area contributed by atoms with Gasteiger partial charge in [0.05, 0.1) is 20.3 Å². The molecule has 0 aliphatic carbocycles. The van der Waals surface area contributed by atoms with Crippen LogP contribution in [0.2, 0.25) is 0 Å². The van der Waals surface area contributed by atoms with E-state index in [9.17, 15) is 9.59 Å². The van der Waals surface area contributed by atoms with Gasteiger partial charge in [0.15, 0.2) is 0 Å². The van der Waals surface area contributed by atoms with Crippen molar-refractivity contribution in [1.29, 1.82) is 0 Å². The molecule has 2 amide bonds. The third-order valence-corrected chi connectivity index (χ3v) is 3.15. The van der Waals surface area contributed by atoms with Gasteiger partial charge in [0, 0.05) is 12.6 Å². The normalized spacial score (nSPS) is 10.5. The van der Waals surface area contributed by atoms with Gasteiger partial charge in [0.1, 0.15) is 12.4 Å². The van der Waals surface area contributed by atoms with Gasteiger partial charge in [-0.05, 0) is 38.5 Å². The number of carbonyl (C=O) groups is 2. The lowest BCUT2D eigenvalue weighted by molar-refractivity contribution is -0.140. The van der Waals surface area contributed by atoms with Crippen LogP contribution in [0.5, 0.6) is 5.75 Å². The highest BCUT2D eigenvalue weighted by molar-refractivity contribution is 5.85. The van der Waals surface area contributed by atoms with Gasteiger partial charge >= 0.3 is 0 Å². The fourth-order valence-corrected chi connectivity index (χ4v) is 2.03. The number of ether oxygens (including phenoxy) is 2. The van der Waals surface area contributed by atoms with E-state index in [0.29, 0.717) is 13.2 Å². The highest BCUT2D eigenvalue weighted by atomic mass is 16.5. The molecule has 0 radical (unpaired) electrons. The lowest BCUT2D eigenvalue weighted by Gasteiger charge is -2.21. The van der Waals surface area contributed by atoms with Crippen molar-refractivity contribution in [2.24, 2.45) is 0 Å². The van der Waals surface area contributed by atoms with E-state index in [4.69, 9.17) is 9.47 Å². The molecule has 1 aromatic carbocycles. The first-order valence-corrected chi connectivity index (χ1v) is 7.74. The SMILES string of the molecule is CCN(CC(=O)NC(C)C)C(=O)COCc1cccc(OC)c1. The number of nitrogens with one attached hydrogen (secondary N) is 1. The van der Waals surface area contributed by atoms with Crippen LogP contribution in [0, 0.1) is 0 Å². The van der Waals surface area contributed by atoms with E-state index < -0.39 is 0 Å². The maximum atomic E-state index is 12.1. The van der Waals surface area contributed by atoms with E-state index in [-0.39, 0.29) is 31.0 Å². The fourth-order valence-electron chi connectivity index (χ4n) is 2.03. The quantitative estimate of drug-likeness (QED) is 0.749. The first kappa shape index (κ1) is 19.0. The maximum absolute atomic E-state index is 12.1. The second-order valence-electron chi connectivity index (χ2n) is 5.47. The summed E-state index contributed by atoms with van der Waals surface area (Å²) in [5.41, 5.74) is 0.928. The van der Waals surface area contributed by atoms with Crippen LogP contribution in [0.25, 0.3) is 0 Å². The number of methoxy groups -OCH3 is 1. The summed E-state index contributed by atoms with van der Waals surface area (Å²) in [7, 11) is 1.60. The van der Waals surface area contributed by atoms with Gasteiger partial charge in [-0.15, -0.1) is 0 Å². The van der Waals surface area contributed by atoms with Crippen LogP contribution in [0.4, 0.5) is 0 Å². The van der Waals surface area contributed by atoms with Crippen LogP contribution < -0.4 is 10.1 Å². The van der Waals surface area contributed by atoms with E-state index in [1.54, 1.807) is 7.11 Å². The Kier molecular flexibility index (Phi) is 8.11. The number of likely N-dealkylation sites (N-methyl/N-ethyl adjacent to an activating group) is 1. The van der Waals surface area contributed by atoms with Crippen molar-refractivity contribution in [3.63, 3.8) is 0 Å². The molecule has 23 heavy (non-hydrogen) atoms. The summed E-state index contributed by atoms with van der Waals surface area (Å²) < 4.78 is 10.6. The Labute approximate surface area is 137 Å². The zero-order chi connectivity index (χ0) is 17.2. The summed E-state index contributed by atoms with van der Waals surface area (Å²) in [4.78, 5) is 25.3. The van der Waals surface area contributed by atoms with Gasteiger partial charge in [-0.3, -0.25) is 9.59 Å². The molecule has 1 rings (SSSR count). The number of carbonyl (C=O) groups excluding carboxylic acids is 2. The predicted octanol–water partition coefficient (Wildman–Crippen LogP) is 1.58. The molecule has 0 saturated heterocycles. The zero-order valence-electron chi connectivity index (χ0n) is 14.3. The number of hydrogen-bond acceptors (Lipinski definition) is 4. The molecule has 0 atom stereocenters. The Morgan fingerprint density at radius 3 is 2.65 bits per heavy atom. The number of rotatable bonds is 9. The highest BCUT2D eigenvalue weighted by Gasteiger charge is 2.16. The summed E-state index contributed by atoms with van der Waals surface area (Å²) in [5.74, 6) is 0.385. The van der Waals surface area contributed by atoms with Crippen LogP contribution in [-0.2, 0) is 20.9 Å². The molecule has 6 nitrogen and oxygen atoms in total. The first-order valence-electron chi connectivity index (χ1n) is 7.74. The largest absolute Gasteiger partial charge is 0.497 e. The summed E-state index contributed by atoms with van der Waals surface area (Å²) in [6, 6.07) is 7.54. The monoisotopic (exact) mass is 322 g/mol. The predicted molar refractivity (Wildman–Crippen MR) is 88.2 cm³/mol. The standard InChI is InChI=1S/C17H26N2O4/c1-5-19(10-16(20)18-13(2)3)17(21)12-23-11-14-7-6-8-15(9-14)22-4/h6-9,13H,5,10-12H2,1-4H3,(H,18,20). The number of hydrogen-bond donors (Lipinski definition) is 1. The van der Waals surface area contributed by atoms with Gasteiger partial charge in [0.25, 0.3) is 0 Å². The number of amides is 2. The van der Waals surface area contributed by atoms with Crippen LogP contribution in [0.1, 0.15) is 26.3 Å². The third kappa shape index (κ3) is 7.15. The van der Waals surface area contributed by atoms with Crippen molar-refractivity contribution in [2.75, 3.05) is 26.8 Å². The van der Waals surface area contributed by atoms with Crippen LogP contribution in [0.15, 0.2) is 24.3 Å². The molecule has 128 valence electrons.